The summed E-state index contributed by atoms with van der Waals surface area (Å²) in [6.07, 6.45) is 1.79. The summed E-state index contributed by atoms with van der Waals surface area (Å²) in [5, 5.41) is 12.1. The number of para-hydroxylation sites is 2. The zero-order valence-corrected chi connectivity index (χ0v) is 11.1. The molecule has 104 valence electrons. The van der Waals surface area contributed by atoms with E-state index in [-0.39, 0.29) is 18.7 Å². The van der Waals surface area contributed by atoms with Crippen LogP contribution < -0.4 is 10.1 Å². The SMILES string of the molecule is CCOc1ccccc1NC(=O)N1CCCC1CO. The number of carbonyl (C=O) groups is 1. The first-order chi connectivity index (χ1) is 9.26. The maximum absolute atomic E-state index is 12.2. The van der Waals surface area contributed by atoms with Crippen molar-refractivity contribution in [2.75, 3.05) is 25.1 Å². The second-order valence-corrected chi connectivity index (χ2v) is 4.53. The van der Waals surface area contributed by atoms with Crippen LogP contribution in [-0.4, -0.2) is 41.8 Å². The van der Waals surface area contributed by atoms with Crippen molar-refractivity contribution in [1.82, 2.24) is 4.90 Å². The minimum atomic E-state index is -0.177. The third-order valence-electron chi connectivity index (χ3n) is 3.28. The molecule has 0 aromatic heterocycles. The topological polar surface area (TPSA) is 61.8 Å². The number of rotatable bonds is 4. The van der Waals surface area contributed by atoms with Gasteiger partial charge in [0.1, 0.15) is 5.75 Å². The van der Waals surface area contributed by atoms with Crippen LogP contribution in [-0.2, 0) is 0 Å². The predicted octanol–water partition coefficient (Wildman–Crippen LogP) is 2.07. The summed E-state index contributed by atoms with van der Waals surface area (Å²) in [5.41, 5.74) is 0.665. The van der Waals surface area contributed by atoms with Gasteiger partial charge in [0.2, 0.25) is 0 Å². The smallest absolute Gasteiger partial charge is 0.322 e. The van der Waals surface area contributed by atoms with E-state index in [9.17, 15) is 9.90 Å². The number of benzene rings is 1. The number of aliphatic hydroxyl groups is 1. The number of hydrogen-bond donors (Lipinski definition) is 2. The number of nitrogens with one attached hydrogen (secondary N) is 1. The van der Waals surface area contributed by atoms with E-state index >= 15 is 0 Å². The molecule has 1 heterocycles. The number of urea groups is 1. The Morgan fingerprint density at radius 1 is 1.53 bits per heavy atom. The molecule has 1 saturated heterocycles. The van der Waals surface area contributed by atoms with Crippen molar-refractivity contribution in [1.29, 1.82) is 0 Å². The first-order valence-electron chi connectivity index (χ1n) is 6.66. The number of carbonyl (C=O) groups excluding carboxylic acids is 1. The highest BCUT2D eigenvalue weighted by atomic mass is 16.5. The first-order valence-corrected chi connectivity index (χ1v) is 6.66. The normalized spacial score (nSPS) is 18.4. The maximum Gasteiger partial charge on any atom is 0.322 e. The van der Waals surface area contributed by atoms with Gasteiger partial charge in [-0.3, -0.25) is 0 Å². The van der Waals surface area contributed by atoms with E-state index in [0.29, 0.717) is 24.6 Å². The zero-order valence-electron chi connectivity index (χ0n) is 11.1. The summed E-state index contributed by atoms with van der Waals surface area (Å²) < 4.78 is 5.47. The quantitative estimate of drug-likeness (QED) is 0.875. The van der Waals surface area contributed by atoms with Crippen molar-refractivity contribution >= 4 is 11.7 Å². The number of amides is 2. The molecule has 5 nitrogen and oxygen atoms in total. The minimum absolute atomic E-state index is 0.0144. The van der Waals surface area contributed by atoms with Crippen molar-refractivity contribution in [2.45, 2.75) is 25.8 Å². The molecule has 2 rings (SSSR count). The van der Waals surface area contributed by atoms with Crippen molar-refractivity contribution in [3.63, 3.8) is 0 Å². The van der Waals surface area contributed by atoms with Crippen LogP contribution in [0.15, 0.2) is 24.3 Å². The third-order valence-corrected chi connectivity index (χ3v) is 3.28. The Bertz CT molecular complexity index is 436. The monoisotopic (exact) mass is 264 g/mol. The Morgan fingerprint density at radius 3 is 3.05 bits per heavy atom. The highest BCUT2D eigenvalue weighted by Gasteiger charge is 2.28. The third kappa shape index (κ3) is 3.17. The summed E-state index contributed by atoms with van der Waals surface area (Å²) in [7, 11) is 0. The molecule has 1 aliphatic heterocycles. The average Bonchev–Trinajstić information content (AvgIpc) is 2.89. The number of anilines is 1. The lowest BCUT2D eigenvalue weighted by Crippen LogP contribution is -2.40. The highest BCUT2D eigenvalue weighted by molar-refractivity contribution is 5.91. The van der Waals surface area contributed by atoms with Crippen LogP contribution in [0.4, 0.5) is 10.5 Å². The summed E-state index contributed by atoms with van der Waals surface area (Å²) in [6, 6.07) is 7.11. The van der Waals surface area contributed by atoms with Crippen LogP contribution in [0.2, 0.25) is 0 Å². The molecule has 1 atom stereocenters. The molecule has 1 aromatic rings. The van der Waals surface area contributed by atoms with Gasteiger partial charge in [-0.2, -0.15) is 0 Å². The lowest BCUT2D eigenvalue weighted by Gasteiger charge is -2.23. The van der Waals surface area contributed by atoms with E-state index in [1.165, 1.54) is 0 Å². The van der Waals surface area contributed by atoms with E-state index in [2.05, 4.69) is 5.32 Å². The molecule has 5 heteroatoms. The fourth-order valence-corrected chi connectivity index (χ4v) is 2.33. The standard InChI is InChI=1S/C14H20N2O3/c1-2-19-13-8-4-3-7-12(13)15-14(18)16-9-5-6-11(16)10-17/h3-4,7-8,11,17H,2,5-6,9-10H2,1H3,(H,15,18). The van der Waals surface area contributed by atoms with E-state index in [1.54, 1.807) is 4.90 Å². The van der Waals surface area contributed by atoms with Crippen LogP contribution in [0.1, 0.15) is 19.8 Å². The summed E-state index contributed by atoms with van der Waals surface area (Å²) in [4.78, 5) is 13.9. The molecule has 1 aliphatic rings. The molecule has 1 aromatic carbocycles. The summed E-state index contributed by atoms with van der Waals surface area (Å²) >= 11 is 0. The molecule has 0 radical (unpaired) electrons. The van der Waals surface area contributed by atoms with Gasteiger partial charge in [0, 0.05) is 6.54 Å². The van der Waals surface area contributed by atoms with Gasteiger partial charge in [-0.25, -0.2) is 4.79 Å². The lowest BCUT2D eigenvalue weighted by atomic mass is 10.2. The molecular formula is C14H20N2O3. The largest absolute Gasteiger partial charge is 0.492 e. The van der Waals surface area contributed by atoms with Gasteiger partial charge in [-0.1, -0.05) is 12.1 Å². The Morgan fingerprint density at radius 2 is 2.32 bits per heavy atom. The van der Waals surface area contributed by atoms with Crippen molar-refractivity contribution in [3.8, 4) is 5.75 Å². The van der Waals surface area contributed by atoms with Crippen LogP contribution in [0, 0.1) is 0 Å². The van der Waals surface area contributed by atoms with Crippen LogP contribution in [0.3, 0.4) is 0 Å². The molecule has 0 aliphatic carbocycles. The molecular weight excluding hydrogens is 244 g/mol. The average molecular weight is 264 g/mol. The van der Waals surface area contributed by atoms with Crippen molar-refractivity contribution in [2.24, 2.45) is 0 Å². The van der Waals surface area contributed by atoms with Gasteiger partial charge in [0.25, 0.3) is 0 Å². The van der Waals surface area contributed by atoms with Crippen molar-refractivity contribution < 1.29 is 14.6 Å². The first kappa shape index (κ1) is 13.7. The van der Waals surface area contributed by atoms with Gasteiger partial charge < -0.3 is 20.1 Å². The van der Waals surface area contributed by atoms with Gasteiger partial charge in [0.05, 0.1) is 24.9 Å². The molecule has 2 N–H and O–H groups in total. The Labute approximate surface area is 113 Å². The number of ether oxygens (including phenoxy) is 1. The Balaban J connectivity index is 2.06. The molecule has 0 bridgehead atoms. The van der Waals surface area contributed by atoms with Crippen LogP contribution in [0.25, 0.3) is 0 Å². The second kappa shape index (κ2) is 6.43. The predicted molar refractivity (Wildman–Crippen MR) is 73.4 cm³/mol. The lowest BCUT2D eigenvalue weighted by molar-refractivity contribution is 0.166. The fraction of sp³-hybridized carbons (Fsp3) is 0.500. The fourth-order valence-electron chi connectivity index (χ4n) is 2.33. The summed E-state index contributed by atoms with van der Waals surface area (Å²) in [6.45, 7) is 3.16. The number of likely N-dealkylation sites (tertiary alicyclic amines) is 1. The van der Waals surface area contributed by atoms with E-state index in [4.69, 9.17) is 4.74 Å². The molecule has 1 fully saturated rings. The van der Waals surface area contributed by atoms with Gasteiger partial charge >= 0.3 is 6.03 Å². The number of aliphatic hydroxyl groups excluding tert-OH is 1. The zero-order chi connectivity index (χ0) is 13.7. The summed E-state index contributed by atoms with van der Waals surface area (Å²) in [5.74, 6) is 0.665. The highest BCUT2D eigenvalue weighted by Crippen LogP contribution is 2.25. The molecule has 0 saturated carbocycles. The maximum atomic E-state index is 12.2. The molecule has 19 heavy (non-hydrogen) atoms. The minimum Gasteiger partial charge on any atom is -0.492 e. The Hall–Kier alpha value is -1.75. The molecule has 2 amide bonds. The van der Waals surface area contributed by atoms with E-state index in [0.717, 1.165) is 12.8 Å². The van der Waals surface area contributed by atoms with E-state index in [1.807, 2.05) is 31.2 Å². The second-order valence-electron chi connectivity index (χ2n) is 4.53. The van der Waals surface area contributed by atoms with Gasteiger partial charge in [-0.05, 0) is 31.9 Å². The van der Waals surface area contributed by atoms with Gasteiger partial charge in [0.15, 0.2) is 0 Å². The van der Waals surface area contributed by atoms with E-state index < -0.39 is 0 Å². The van der Waals surface area contributed by atoms with Gasteiger partial charge in [-0.15, -0.1) is 0 Å². The Kier molecular flexibility index (Phi) is 4.63. The number of hydrogen-bond acceptors (Lipinski definition) is 3. The molecule has 0 spiro atoms. The number of nitrogens with zero attached hydrogens (tertiary/aromatic N) is 1. The van der Waals surface area contributed by atoms with Crippen molar-refractivity contribution in [3.05, 3.63) is 24.3 Å². The van der Waals surface area contributed by atoms with Crippen LogP contribution >= 0.6 is 0 Å². The molecule has 1 unspecified atom stereocenters. The van der Waals surface area contributed by atoms with Crippen LogP contribution in [0.5, 0.6) is 5.75 Å².